The Labute approximate surface area is 166 Å². The Morgan fingerprint density at radius 3 is 2.75 bits per heavy atom. The van der Waals surface area contributed by atoms with E-state index in [9.17, 15) is 9.18 Å². The standard InChI is InChI=1S/C22H20FN3OS/c1-3-15-6-4-5-14(2)21(15)25-20(27)11-18-13-28-22-24-19(12-26(18)22)16-7-9-17(23)10-8-16/h4-10,12-13H,3,11H2,1-2H3,(H,25,27). The first kappa shape index (κ1) is 18.4. The van der Waals surface area contributed by atoms with Crippen LogP contribution in [0.25, 0.3) is 16.2 Å². The molecule has 0 saturated carbocycles. The molecule has 4 nitrogen and oxygen atoms in total. The molecule has 0 unspecified atom stereocenters. The summed E-state index contributed by atoms with van der Waals surface area (Å²) in [4.78, 5) is 18.1. The highest BCUT2D eigenvalue weighted by atomic mass is 32.1. The average Bonchev–Trinajstić information content (AvgIpc) is 3.26. The Morgan fingerprint density at radius 1 is 1.21 bits per heavy atom. The number of hydrogen-bond acceptors (Lipinski definition) is 3. The fourth-order valence-corrected chi connectivity index (χ4v) is 4.14. The minimum absolute atomic E-state index is 0.0549. The van der Waals surface area contributed by atoms with E-state index in [1.807, 2.05) is 41.1 Å². The molecule has 0 aliphatic heterocycles. The number of aryl methyl sites for hydroxylation is 2. The first-order valence-corrected chi connectivity index (χ1v) is 10.0. The number of benzene rings is 2. The van der Waals surface area contributed by atoms with Crippen molar-refractivity contribution < 1.29 is 9.18 Å². The van der Waals surface area contributed by atoms with Gasteiger partial charge in [-0.15, -0.1) is 11.3 Å². The lowest BCUT2D eigenvalue weighted by atomic mass is 10.1. The zero-order chi connectivity index (χ0) is 19.7. The van der Waals surface area contributed by atoms with Gasteiger partial charge in [0.25, 0.3) is 0 Å². The second kappa shape index (κ2) is 7.56. The van der Waals surface area contributed by atoms with E-state index in [0.717, 1.165) is 45.1 Å². The topological polar surface area (TPSA) is 46.4 Å². The predicted octanol–water partition coefficient (Wildman–Crippen LogP) is 5.25. The monoisotopic (exact) mass is 393 g/mol. The van der Waals surface area contributed by atoms with Crippen molar-refractivity contribution in [2.24, 2.45) is 0 Å². The number of carbonyl (C=O) groups is 1. The number of rotatable bonds is 5. The van der Waals surface area contributed by atoms with Crippen LogP contribution in [0, 0.1) is 12.7 Å². The summed E-state index contributed by atoms with van der Waals surface area (Å²) in [6.45, 7) is 4.08. The minimum Gasteiger partial charge on any atom is -0.325 e. The zero-order valence-corrected chi connectivity index (χ0v) is 16.5. The second-order valence-corrected chi connectivity index (χ2v) is 7.54. The van der Waals surface area contributed by atoms with E-state index in [4.69, 9.17) is 0 Å². The minimum atomic E-state index is -0.273. The van der Waals surface area contributed by atoms with Crippen molar-refractivity contribution in [2.45, 2.75) is 26.7 Å². The van der Waals surface area contributed by atoms with E-state index in [0.29, 0.717) is 0 Å². The van der Waals surface area contributed by atoms with E-state index >= 15 is 0 Å². The second-order valence-electron chi connectivity index (χ2n) is 6.70. The van der Waals surface area contributed by atoms with Gasteiger partial charge in [0.2, 0.25) is 5.91 Å². The van der Waals surface area contributed by atoms with Crippen LogP contribution < -0.4 is 5.32 Å². The predicted molar refractivity (Wildman–Crippen MR) is 111 cm³/mol. The van der Waals surface area contributed by atoms with Gasteiger partial charge >= 0.3 is 0 Å². The number of fused-ring (bicyclic) bond motifs is 1. The third-order valence-corrected chi connectivity index (χ3v) is 5.66. The number of para-hydroxylation sites is 1. The van der Waals surface area contributed by atoms with E-state index in [-0.39, 0.29) is 18.1 Å². The van der Waals surface area contributed by atoms with Crippen LogP contribution in [-0.4, -0.2) is 15.3 Å². The van der Waals surface area contributed by atoms with Gasteiger partial charge in [-0.1, -0.05) is 25.1 Å². The molecule has 1 amide bonds. The van der Waals surface area contributed by atoms with Crippen molar-refractivity contribution in [3.05, 3.63) is 76.7 Å². The highest BCUT2D eigenvalue weighted by Crippen LogP contribution is 2.25. The number of nitrogens with zero attached hydrogens (tertiary/aromatic N) is 2. The number of nitrogens with one attached hydrogen (secondary N) is 1. The molecule has 0 fully saturated rings. The first-order valence-electron chi connectivity index (χ1n) is 9.15. The van der Waals surface area contributed by atoms with Gasteiger partial charge < -0.3 is 5.32 Å². The summed E-state index contributed by atoms with van der Waals surface area (Å²) in [5.41, 5.74) is 5.58. The number of imidazole rings is 1. The molecular weight excluding hydrogens is 373 g/mol. The third-order valence-electron chi connectivity index (χ3n) is 4.77. The molecule has 28 heavy (non-hydrogen) atoms. The molecule has 2 aromatic heterocycles. The van der Waals surface area contributed by atoms with Crippen LogP contribution >= 0.6 is 11.3 Å². The summed E-state index contributed by atoms with van der Waals surface area (Å²) in [5.74, 6) is -0.328. The van der Waals surface area contributed by atoms with E-state index < -0.39 is 0 Å². The van der Waals surface area contributed by atoms with Crippen molar-refractivity contribution >= 4 is 27.9 Å². The number of amides is 1. The van der Waals surface area contributed by atoms with Crippen LogP contribution in [0.1, 0.15) is 23.7 Å². The molecule has 6 heteroatoms. The Kier molecular flexibility index (Phi) is 4.96. The van der Waals surface area contributed by atoms with Crippen LogP contribution in [0.3, 0.4) is 0 Å². The summed E-state index contributed by atoms with van der Waals surface area (Å²) in [5, 5.41) is 5.02. The van der Waals surface area contributed by atoms with Crippen LogP contribution in [0.4, 0.5) is 10.1 Å². The molecular formula is C22H20FN3OS. The molecule has 142 valence electrons. The largest absolute Gasteiger partial charge is 0.325 e. The van der Waals surface area contributed by atoms with E-state index in [1.54, 1.807) is 12.1 Å². The highest BCUT2D eigenvalue weighted by molar-refractivity contribution is 7.15. The van der Waals surface area contributed by atoms with Crippen molar-refractivity contribution in [1.82, 2.24) is 9.38 Å². The zero-order valence-electron chi connectivity index (χ0n) is 15.7. The van der Waals surface area contributed by atoms with Gasteiger partial charge in [0, 0.05) is 28.5 Å². The fraction of sp³-hybridized carbons (Fsp3) is 0.182. The summed E-state index contributed by atoms with van der Waals surface area (Å²) in [7, 11) is 0. The van der Waals surface area contributed by atoms with Crippen molar-refractivity contribution in [2.75, 3.05) is 5.32 Å². The van der Waals surface area contributed by atoms with Crippen molar-refractivity contribution in [3.8, 4) is 11.3 Å². The molecule has 0 aliphatic carbocycles. The number of carbonyl (C=O) groups excluding carboxylic acids is 1. The van der Waals surface area contributed by atoms with Gasteiger partial charge in [0.1, 0.15) is 5.82 Å². The molecule has 0 atom stereocenters. The molecule has 4 aromatic rings. The van der Waals surface area contributed by atoms with Gasteiger partial charge in [-0.3, -0.25) is 9.20 Å². The van der Waals surface area contributed by atoms with Crippen molar-refractivity contribution in [1.29, 1.82) is 0 Å². The number of thiazole rings is 1. The maximum absolute atomic E-state index is 13.1. The summed E-state index contributed by atoms with van der Waals surface area (Å²) in [6, 6.07) is 12.3. The van der Waals surface area contributed by atoms with Gasteiger partial charge in [-0.05, 0) is 48.7 Å². The molecule has 4 rings (SSSR count). The number of anilines is 1. The quantitative estimate of drug-likeness (QED) is 0.503. The van der Waals surface area contributed by atoms with Gasteiger partial charge in [0.15, 0.2) is 4.96 Å². The Balaban J connectivity index is 1.57. The van der Waals surface area contributed by atoms with E-state index in [1.165, 1.54) is 23.5 Å². The molecule has 0 bridgehead atoms. The van der Waals surface area contributed by atoms with Gasteiger partial charge in [-0.2, -0.15) is 0 Å². The molecule has 2 heterocycles. The smallest absolute Gasteiger partial charge is 0.230 e. The number of hydrogen-bond donors (Lipinski definition) is 1. The number of aromatic nitrogens is 2. The highest BCUT2D eigenvalue weighted by Gasteiger charge is 2.14. The summed E-state index contributed by atoms with van der Waals surface area (Å²) in [6.07, 6.45) is 3.02. The molecule has 1 N–H and O–H groups in total. The molecule has 0 radical (unpaired) electrons. The molecule has 2 aromatic carbocycles. The Hall–Kier alpha value is -2.99. The van der Waals surface area contributed by atoms with Crippen molar-refractivity contribution in [3.63, 3.8) is 0 Å². The first-order chi connectivity index (χ1) is 13.5. The lowest BCUT2D eigenvalue weighted by Crippen LogP contribution is -2.17. The van der Waals surface area contributed by atoms with Gasteiger partial charge in [0.05, 0.1) is 12.1 Å². The maximum Gasteiger partial charge on any atom is 0.230 e. The van der Waals surface area contributed by atoms with E-state index in [2.05, 4.69) is 17.2 Å². The maximum atomic E-state index is 13.1. The SMILES string of the molecule is CCc1cccc(C)c1NC(=O)Cc1csc2nc(-c3ccc(F)cc3)cn12. The molecule has 0 spiro atoms. The van der Waals surface area contributed by atoms with Crippen LogP contribution in [0.15, 0.2) is 54.0 Å². The van der Waals surface area contributed by atoms with Crippen LogP contribution in [0.2, 0.25) is 0 Å². The molecule has 0 aliphatic rings. The normalized spacial score (nSPS) is 11.1. The fourth-order valence-electron chi connectivity index (χ4n) is 3.27. The summed E-state index contributed by atoms with van der Waals surface area (Å²) < 4.78 is 15.1. The lowest BCUT2D eigenvalue weighted by Gasteiger charge is -2.12. The Morgan fingerprint density at radius 2 is 2.00 bits per heavy atom. The third kappa shape index (κ3) is 3.55. The van der Waals surface area contributed by atoms with Crippen LogP contribution in [-0.2, 0) is 17.6 Å². The average molecular weight is 393 g/mol. The lowest BCUT2D eigenvalue weighted by molar-refractivity contribution is -0.115. The van der Waals surface area contributed by atoms with Gasteiger partial charge in [-0.25, -0.2) is 9.37 Å². The molecule has 0 saturated heterocycles. The van der Waals surface area contributed by atoms with Crippen LogP contribution in [0.5, 0.6) is 0 Å². The number of halogens is 1. The summed E-state index contributed by atoms with van der Waals surface area (Å²) >= 11 is 1.49. The Bertz CT molecular complexity index is 1140.